The molecule has 96 valence electrons. The van der Waals surface area contributed by atoms with E-state index in [9.17, 15) is 13.2 Å². The van der Waals surface area contributed by atoms with E-state index in [1.54, 1.807) is 12.1 Å². The van der Waals surface area contributed by atoms with Crippen LogP contribution in [0.25, 0.3) is 0 Å². The summed E-state index contributed by atoms with van der Waals surface area (Å²) >= 11 is 5.54. The Balaban J connectivity index is 2.88. The van der Waals surface area contributed by atoms with Gasteiger partial charge in [-0.05, 0) is 54.3 Å². The number of halogens is 4. The van der Waals surface area contributed by atoms with E-state index in [2.05, 4.69) is 0 Å². The summed E-state index contributed by atoms with van der Waals surface area (Å²) in [5, 5.41) is 0. The minimum atomic E-state index is -4.22. The van der Waals surface area contributed by atoms with Crippen molar-refractivity contribution in [2.45, 2.75) is 36.6 Å². The zero-order valence-electron chi connectivity index (χ0n) is 9.48. The monoisotopic (exact) mass is 282 g/mol. The standard InChI is InChI=1S/C12H14ClF3S/c1-2-9-5-6-11(17-12(14,15)16)8-10(9)4-3-7-13/h5-6,8H,2-4,7H2,1H3. The molecule has 0 heterocycles. The highest BCUT2D eigenvalue weighted by Gasteiger charge is 2.29. The summed E-state index contributed by atoms with van der Waals surface area (Å²) in [6, 6.07) is 4.93. The highest BCUT2D eigenvalue weighted by molar-refractivity contribution is 8.00. The van der Waals surface area contributed by atoms with E-state index < -0.39 is 5.51 Å². The van der Waals surface area contributed by atoms with Crippen molar-refractivity contribution in [1.29, 1.82) is 0 Å². The van der Waals surface area contributed by atoms with Crippen molar-refractivity contribution in [3.63, 3.8) is 0 Å². The van der Waals surface area contributed by atoms with Crippen LogP contribution in [0.3, 0.4) is 0 Å². The molecule has 0 fully saturated rings. The molecule has 0 bridgehead atoms. The fourth-order valence-electron chi connectivity index (χ4n) is 1.63. The van der Waals surface area contributed by atoms with Crippen molar-refractivity contribution >= 4 is 23.4 Å². The van der Waals surface area contributed by atoms with Crippen LogP contribution in [-0.4, -0.2) is 11.4 Å². The van der Waals surface area contributed by atoms with Gasteiger partial charge in [-0.1, -0.05) is 13.0 Å². The zero-order chi connectivity index (χ0) is 12.9. The number of alkyl halides is 4. The summed E-state index contributed by atoms with van der Waals surface area (Å²) in [4.78, 5) is 0.249. The summed E-state index contributed by atoms with van der Waals surface area (Å²) in [6.45, 7) is 2.00. The van der Waals surface area contributed by atoms with E-state index in [1.807, 2.05) is 6.92 Å². The Labute approximate surface area is 109 Å². The number of rotatable bonds is 5. The molecule has 0 aliphatic heterocycles. The smallest absolute Gasteiger partial charge is 0.160 e. The minimum Gasteiger partial charge on any atom is -0.160 e. The van der Waals surface area contributed by atoms with E-state index in [0.717, 1.165) is 30.4 Å². The molecule has 17 heavy (non-hydrogen) atoms. The first-order valence-electron chi connectivity index (χ1n) is 5.39. The Morgan fingerprint density at radius 1 is 1.24 bits per heavy atom. The lowest BCUT2D eigenvalue weighted by atomic mass is 10.0. The van der Waals surface area contributed by atoms with E-state index in [0.29, 0.717) is 5.88 Å². The molecule has 0 saturated heterocycles. The van der Waals surface area contributed by atoms with Crippen LogP contribution in [0.15, 0.2) is 23.1 Å². The lowest BCUT2D eigenvalue weighted by Gasteiger charge is -2.11. The summed E-state index contributed by atoms with van der Waals surface area (Å²) < 4.78 is 36.7. The highest BCUT2D eigenvalue weighted by Crippen LogP contribution is 2.37. The second-order valence-corrected chi connectivity index (χ2v) is 5.14. The Hall–Kier alpha value is -0.350. The Bertz CT molecular complexity index is 363. The van der Waals surface area contributed by atoms with Crippen molar-refractivity contribution in [3.05, 3.63) is 29.3 Å². The van der Waals surface area contributed by atoms with E-state index in [1.165, 1.54) is 6.07 Å². The maximum atomic E-state index is 12.2. The summed E-state index contributed by atoms with van der Waals surface area (Å²) in [6.07, 6.45) is 2.35. The Morgan fingerprint density at radius 2 is 1.94 bits per heavy atom. The quantitative estimate of drug-likeness (QED) is 0.539. The molecule has 0 spiro atoms. The fraction of sp³-hybridized carbons (Fsp3) is 0.500. The van der Waals surface area contributed by atoms with Gasteiger partial charge in [-0.3, -0.25) is 0 Å². The zero-order valence-corrected chi connectivity index (χ0v) is 11.1. The number of thioether (sulfide) groups is 1. The molecule has 0 aromatic heterocycles. The van der Waals surface area contributed by atoms with Gasteiger partial charge in [-0.2, -0.15) is 13.2 Å². The van der Waals surface area contributed by atoms with Crippen LogP contribution < -0.4 is 0 Å². The van der Waals surface area contributed by atoms with Crippen LogP contribution in [0.4, 0.5) is 13.2 Å². The van der Waals surface area contributed by atoms with E-state index >= 15 is 0 Å². The summed E-state index contributed by atoms with van der Waals surface area (Å²) in [7, 11) is 0. The predicted octanol–water partition coefficient (Wildman–Crippen LogP) is 5.03. The maximum absolute atomic E-state index is 12.2. The molecule has 0 amide bonds. The number of hydrogen-bond acceptors (Lipinski definition) is 1. The average Bonchev–Trinajstić information content (AvgIpc) is 2.24. The van der Waals surface area contributed by atoms with Crippen molar-refractivity contribution in [2.24, 2.45) is 0 Å². The predicted molar refractivity (Wildman–Crippen MR) is 66.8 cm³/mol. The van der Waals surface area contributed by atoms with Gasteiger partial charge in [0.1, 0.15) is 0 Å². The van der Waals surface area contributed by atoms with Crippen molar-refractivity contribution in [1.82, 2.24) is 0 Å². The van der Waals surface area contributed by atoms with Crippen molar-refractivity contribution in [2.75, 3.05) is 5.88 Å². The van der Waals surface area contributed by atoms with E-state index in [4.69, 9.17) is 11.6 Å². The molecular formula is C12H14ClF3S. The van der Waals surface area contributed by atoms with Crippen molar-refractivity contribution in [3.8, 4) is 0 Å². The average molecular weight is 283 g/mol. The van der Waals surface area contributed by atoms with Crippen LogP contribution in [0.5, 0.6) is 0 Å². The highest BCUT2D eigenvalue weighted by atomic mass is 35.5. The molecule has 0 saturated carbocycles. The first-order valence-corrected chi connectivity index (χ1v) is 6.75. The third-order valence-corrected chi connectivity index (χ3v) is 3.36. The van der Waals surface area contributed by atoms with Crippen LogP contribution >= 0.6 is 23.4 Å². The van der Waals surface area contributed by atoms with Crippen molar-refractivity contribution < 1.29 is 13.2 Å². The molecule has 0 nitrogen and oxygen atoms in total. The van der Waals surface area contributed by atoms with Gasteiger partial charge in [-0.25, -0.2) is 0 Å². The van der Waals surface area contributed by atoms with Gasteiger partial charge in [0.15, 0.2) is 0 Å². The molecule has 1 aromatic carbocycles. The van der Waals surface area contributed by atoms with Crippen LogP contribution in [0.1, 0.15) is 24.5 Å². The van der Waals surface area contributed by atoms with Gasteiger partial charge in [0.2, 0.25) is 0 Å². The molecule has 1 aromatic rings. The van der Waals surface area contributed by atoms with Gasteiger partial charge in [0.25, 0.3) is 0 Å². The topological polar surface area (TPSA) is 0 Å². The molecule has 0 aliphatic rings. The lowest BCUT2D eigenvalue weighted by molar-refractivity contribution is -0.0328. The first kappa shape index (κ1) is 14.7. The third-order valence-electron chi connectivity index (χ3n) is 2.37. The van der Waals surface area contributed by atoms with Crippen LogP contribution in [0.2, 0.25) is 0 Å². The number of aryl methyl sites for hydroxylation is 2. The molecule has 0 aliphatic carbocycles. The molecule has 0 atom stereocenters. The van der Waals surface area contributed by atoms with Gasteiger partial charge in [0, 0.05) is 10.8 Å². The normalized spacial score (nSPS) is 11.8. The largest absolute Gasteiger partial charge is 0.446 e. The Kier molecular flexibility index (Phi) is 5.67. The minimum absolute atomic E-state index is 0.0654. The summed E-state index contributed by atoms with van der Waals surface area (Å²) in [5.74, 6) is 0.528. The molecule has 0 N–H and O–H groups in total. The fourth-order valence-corrected chi connectivity index (χ4v) is 2.37. The molecule has 0 unspecified atom stereocenters. The first-order chi connectivity index (χ1) is 7.96. The number of benzene rings is 1. The number of hydrogen-bond donors (Lipinski definition) is 0. The lowest BCUT2D eigenvalue weighted by Crippen LogP contribution is -2.00. The third kappa shape index (κ3) is 5.21. The summed E-state index contributed by atoms with van der Waals surface area (Å²) in [5.41, 5.74) is -2.15. The molecule has 1 rings (SSSR count). The second kappa shape index (κ2) is 6.55. The van der Waals surface area contributed by atoms with Gasteiger partial charge in [0.05, 0.1) is 0 Å². The SMILES string of the molecule is CCc1ccc(SC(F)(F)F)cc1CCCCl. The molecule has 5 heteroatoms. The van der Waals surface area contributed by atoms with Crippen LogP contribution in [-0.2, 0) is 12.8 Å². The van der Waals surface area contributed by atoms with Gasteiger partial charge in [-0.15, -0.1) is 11.6 Å². The molecule has 0 radical (unpaired) electrons. The van der Waals surface area contributed by atoms with E-state index in [-0.39, 0.29) is 16.7 Å². The van der Waals surface area contributed by atoms with Gasteiger partial charge < -0.3 is 0 Å². The van der Waals surface area contributed by atoms with Gasteiger partial charge >= 0.3 is 5.51 Å². The van der Waals surface area contributed by atoms with Crippen LogP contribution in [0, 0.1) is 0 Å². The maximum Gasteiger partial charge on any atom is 0.446 e. The Morgan fingerprint density at radius 3 is 2.47 bits per heavy atom. The molecular weight excluding hydrogens is 269 g/mol. The second-order valence-electron chi connectivity index (χ2n) is 3.62.